The van der Waals surface area contributed by atoms with E-state index in [-0.39, 0.29) is 29.9 Å². The fraction of sp³-hybridized carbons (Fsp3) is 0.462. The second-order valence-electron chi connectivity index (χ2n) is 9.12. The zero-order chi connectivity index (χ0) is 27.2. The van der Waals surface area contributed by atoms with Crippen molar-refractivity contribution in [3.63, 3.8) is 0 Å². The van der Waals surface area contributed by atoms with Crippen molar-refractivity contribution in [2.24, 2.45) is 0 Å². The van der Waals surface area contributed by atoms with Crippen LogP contribution in [0.1, 0.15) is 38.2 Å². The second kappa shape index (κ2) is 12.5. The maximum absolute atomic E-state index is 13.7. The van der Waals surface area contributed by atoms with E-state index in [4.69, 9.17) is 21.1 Å². The molecule has 0 saturated heterocycles. The van der Waals surface area contributed by atoms with Crippen LogP contribution in [0.25, 0.3) is 0 Å². The number of carbonyl (C=O) groups is 2. The highest BCUT2D eigenvalue weighted by atomic mass is 35.5. The van der Waals surface area contributed by atoms with Gasteiger partial charge >= 0.3 is 0 Å². The van der Waals surface area contributed by atoms with Crippen molar-refractivity contribution in [1.82, 2.24) is 10.2 Å². The predicted octanol–water partition coefficient (Wildman–Crippen LogP) is 3.60. The molecule has 0 bridgehead atoms. The predicted molar refractivity (Wildman–Crippen MR) is 144 cm³/mol. The van der Waals surface area contributed by atoms with Crippen molar-refractivity contribution in [3.05, 3.63) is 53.1 Å². The maximum atomic E-state index is 13.7. The van der Waals surface area contributed by atoms with Crippen LogP contribution in [0, 0.1) is 0 Å². The standard InChI is InChI=1S/C26H34ClN3O6S/c1-18(26(32)28-21-7-5-6-8-21)29(16-19-9-11-20(27)12-10-19)25(31)17-30(37(4,33)34)23-15-22(35-2)13-14-24(23)36-3/h9-15,18,21H,5-8,16-17H2,1-4H3,(H,28,32)/t18-/m1/s1. The fourth-order valence-corrected chi connectivity index (χ4v) is 5.32. The minimum Gasteiger partial charge on any atom is -0.497 e. The fourth-order valence-electron chi connectivity index (χ4n) is 4.35. The number of nitrogens with one attached hydrogen (secondary N) is 1. The van der Waals surface area contributed by atoms with Gasteiger partial charge in [0, 0.05) is 23.7 Å². The molecule has 3 rings (SSSR count). The van der Waals surface area contributed by atoms with Crippen LogP contribution in [0.3, 0.4) is 0 Å². The number of hydrogen-bond acceptors (Lipinski definition) is 6. The molecule has 1 fully saturated rings. The van der Waals surface area contributed by atoms with E-state index in [1.54, 1.807) is 43.3 Å². The summed E-state index contributed by atoms with van der Waals surface area (Å²) in [6.07, 6.45) is 4.93. The molecule has 0 aromatic heterocycles. The Labute approximate surface area is 223 Å². The molecule has 11 heteroatoms. The number of amides is 2. The van der Waals surface area contributed by atoms with Crippen molar-refractivity contribution in [3.8, 4) is 11.5 Å². The molecule has 1 atom stereocenters. The molecule has 0 heterocycles. The topological polar surface area (TPSA) is 105 Å². The van der Waals surface area contributed by atoms with Gasteiger partial charge in [0.05, 0.1) is 26.2 Å². The molecule has 0 spiro atoms. The summed E-state index contributed by atoms with van der Waals surface area (Å²) in [5.41, 5.74) is 0.912. The van der Waals surface area contributed by atoms with Crippen LogP contribution in [0.2, 0.25) is 5.02 Å². The molecule has 9 nitrogen and oxygen atoms in total. The molecule has 1 aliphatic rings. The SMILES string of the molecule is COc1ccc(OC)c(N(CC(=O)N(Cc2ccc(Cl)cc2)[C@H](C)C(=O)NC2CCCC2)S(C)(=O)=O)c1. The quantitative estimate of drug-likeness (QED) is 0.457. The number of rotatable bonds is 11. The normalized spacial score (nSPS) is 14.6. The first kappa shape index (κ1) is 28.6. The summed E-state index contributed by atoms with van der Waals surface area (Å²) in [4.78, 5) is 28.2. The van der Waals surface area contributed by atoms with Crippen LogP contribution in [-0.2, 0) is 26.2 Å². The zero-order valence-corrected chi connectivity index (χ0v) is 23.1. The lowest BCUT2D eigenvalue weighted by atomic mass is 10.1. The number of sulfonamides is 1. The number of methoxy groups -OCH3 is 2. The minimum atomic E-state index is -3.91. The van der Waals surface area contributed by atoms with Crippen LogP contribution in [0.4, 0.5) is 5.69 Å². The summed E-state index contributed by atoms with van der Waals surface area (Å²) in [5, 5.41) is 3.58. The average Bonchev–Trinajstić information content (AvgIpc) is 3.38. The van der Waals surface area contributed by atoms with Crippen LogP contribution < -0.4 is 19.1 Å². The molecule has 2 amide bonds. The van der Waals surface area contributed by atoms with E-state index >= 15 is 0 Å². The molecule has 0 aliphatic heterocycles. The Kier molecular flexibility index (Phi) is 9.67. The van der Waals surface area contributed by atoms with Gasteiger partial charge in [-0.2, -0.15) is 0 Å². The number of carbonyl (C=O) groups excluding carboxylic acids is 2. The highest BCUT2D eigenvalue weighted by molar-refractivity contribution is 7.92. The lowest BCUT2D eigenvalue weighted by molar-refractivity contribution is -0.139. The first-order valence-electron chi connectivity index (χ1n) is 12.1. The summed E-state index contributed by atoms with van der Waals surface area (Å²) in [5.74, 6) is -0.159. The summed E-state index contributed by atoms with van der Waals surface area (Å²) >= 11 is 6.02. The lowest BCUT2D eigenvalue weighted by Gasteiger charge is -2.32. The van der Waals surface area contributed by atoms with Crippen molar-refractivity contribution in [2.75, 3.05) is 31.3 Å². The highest BCUT2D eigenvalue weighted by Gasteiger charge is 2.32. The first-order chi connectivity index (χ1) is 17.5. The smallest absolute Gasteiger partial charge is 0.244 e. The maximum Gasteiger partial charge on any atom is 0.244 e. The number of hydrogen-bond donors (Lipinski definition) is 1. The van der Waals surface area contributed by atoms with E-state index in [1.807, 2.05) is 0 Å². The Morgan fingerprint density at radius 3 is 2.30 bits per heavy atom. The van der Waals surface area contributed by atoms with E-state index in [9.17, 15) is 18.0 Å². The van der Waals surface area contributed by atoms with Gasteiger partial charge in [0.25, 0.3) is 0 Å². The molecule has 1 saturated carbocycles. The van der Waals surface area contributed by atoms with Gasteiger partial charge in [-0.3, -0.25) is 13.9 Å². The Morgan fingerprint density at radius 1 is 1.08 bits per heavy atom. The second-order valence-corrected chi connectivity index (χ2v) is 11.5. The van der Waals surface area contributed by atoms with Gasteiger partial charge in [0.1, 0.15) is 24.1 Å². The van der Waals surface area contributed by atoms with Gasteiger partial charge in [-0.05, 0) is 49.6 Å². The van der Waals surface area contributed by atoms with Gasteiger partial charge in [0.2, 0.25) is 21.8 Å². The molecule has 202 valence electrons. The van der Waals surface area contributed by atoms with Gasteiger partial charge in [-0.15, -0.1) is 0 Å². The molecule has 2 aromatic rings. The molecular weight excluding hydrogens is 518 g/mol. The molecule has 37 heavy (non-hydrogen) atoms. The third-order valence-corrected chi connectivity index (χ3v) is 7.85. The number of nitrogens with zero attached hydrogens (tertiary/aromatic N) is 2. The first-order valence-corrected chi connectivity index (χ1v) is 14.3. The average molecular weight is 552 g/mol. The molecule has 0 unspecified atom stereocenters. The van der Waals surface area contributed by atoms with Crippen LogP contribution in [-0.4, -0.2) is 64.2 Å². The van der Waals surface area contributed by atoms with Crippen LogP contribution in [0.15, 0.2) is 42.5 Å². The third kappa shape index (κ3) is 7.52. The Morgan fingerprint density at radius 2 is 1.73 bits per heavy atom. The largest absolute Gasteiger partial charge is 0.497 e. The summed E-state index contributed by atoms with van der Waals surface area (Å²) < 4.78 is 37.3. The van der Waals surface area contributed by atoms with Gasteiger partial charge in [0.15, 0.2) is 0 Å². The molecule has 1 aliphatic carbocycles. The minimum absolute atomic E-state index is 0.0796. The van der Waals surface area contributed by atoms with E-state index in [0.29, 0.717) is 10.8 Å². The summed E-state index contributed by atoms with van der Waals surface area (Å²) in [6.45, 7) is 1.22. The number of ether oxygens (including phenoxy) is 2. The molecule has 1 N–H and O–H groups in total. The van der Waals surface area contributed by atoms with E-state index in [2.05, 4.69) is 5.32 Å². The number of benzene rings is 2. The van der Waals surface area contributed by atoms with E-state index < -0.39 is 28.5 Å². The molecular formula is C26H34ClN3O6S. The van der Waals surface area contributed by atoms with Crippen molar-refractivity contribution in [1.29, 1.82) is 0 Å². The van der Waals surface area contributed by atoms with Crippen molar-refractivity contribution in [2.45, 2.75) is 51.2 Å². The lowest BCUT2D eigenvalue weighted by Crippen LogP contribution is -2.52. The molecule has 0 radical (unpaired) electrons. The van der Waals surface area contributed by atoms with E-state index in [0.717, 1.165) is 41.8 Å². The van der Waals surface area contributed by atoms with Gasteiger partial charge < -0.3 is 19.7 Å². The van der Waals surface area contributed by atoms with Crippen LogP contribution in [0.5, 0.6) is 11.5 Å². The van der Waals surface area contributed by atoms with Crippen LogP contribution >= 0.6 is 11.6 Å². The number of anilines is 1. The Bertz CT molecular complexity index is 1200. The van der Waals surface area contributed by atoms with Crippen molar-refractivity contribution < 1.29 is 27.5 Å². The molecule has 2 aromatic carbocycles. The summed E-state index contributed by atoms with van der Waals surface area (Å²) in [6, 6.07) is 10.9. The van der Waals surface area contributed by atoms with Crippen molar-refractivity contribution >= 4 is 39.1 Å². The Hall–Kier alpha value is -2.98. The highest BCUT2D eigenvalue weighted by Crippen LogP contribution is 2.34. The van der Waals surface area contributed by atoms with E-state index in [1.165, 1.54) is 25.2 Å². The monoisotopic (exact) mass is 551 g/mol. The zero-order valence-electron chi connectivity index (χ0n) is 21.6. The van der Waals surface area contributed by atoms with Gasteiger partial charge in [-0.25, -0.2) is 8.42 Å². The van der Waals surface area contributed by atoms with Gasteiger partial charge in [-0.1, -0.05) is 36.6 Å². The Balaban J connectivity index is 1.93. The summed E-state index contributed by atoms with van der Waals surface area (Å²) in [7, 11) is -1.04. The third-order valence-electron chi connectivity index (χ3n) is 6.47. The number of halogens is 1.